The quantitative estimate of drug-likeness (QED) is 0.850. The zero-order chi connectivity index (χ0) is 12.4. The Kier molecular flexibility index (Phi) is 3.79. The van der Waals surface area contributed by atoms with Gasteiger partial charge in [0.25, 0.3) is 0 Å². The van der Waals surface area contributed by atoms with E-state index in [0.717, 1.165) is 18.9 Å². The summed E-state index contributed by atoms with van der Waals surface area (Å²) in [6, 6.07) is 0. The van der Waals surface area contributed by atoms with Crippen molar-refractivity contribution in [2.75, 3.05) is 6.54 Å². The lowest BCUT2D eigenvalue weighted by Crippen LogP contribution is -2.43. The van der Waals surface area contributed by atoms with Crippen molar-refractivity contribution < 1.29 is 0 Å². The number of aromatic nitrogens is 2. The largest absolute Gasteiger partial charge is 0.335 e. The molecule has 0 aliphatic heterocycles. The number of nitrogens with one attached hydrogen (secondary N) is 1. The van der Waals surface area contributed by atoms with E-state index in [0.29, 0.717) is 0 Å². The minimum absolute atomic E-state index is 0.182. The Bertz CT molecular complexity index is 331. The van der Waals surface area contributed by atoms with Crippen molar-refractivity contribution in [3.63, 3.8) is 0 Å². The van der Waals surface area contributed by atoms with Gasteiger partial charge in [-0.3, -0.25) is 0 Å². The summed E-state index contributed by atoms with van der Waals surface area (Å²) in [6.07, 6.45) is 3.91. The lowest BCUT2D eigenvalue weighted by molar-refractivity contribution is 0.254. The molecule has 0 atom stereocenters. The molecule has 0 saturated heterocycles. The van der Waals surface area contributed by atoms with Gasteiger partial charge in [0, 0.05) is 31.0 Å². The van der Waals surface area contributed by atoms with E-state index in [1.807, 2.05) is 19.3 Å². The van der Waals surface area contributed by atoms with Crippen molar-refractivity contribution in [1.82, 2.24) is 14.9 Å². The average Bonchev–Trinajstić information content (AvgIpc) is 2.47. The van der Waals surface area contributed by atoms with Gasteiger partial charge >= 0.3 is 0 Å². The van der Waals surface area contributed by atoms with E-state index in [1.54, 1.807) is 0 Å². The molecule has 1 rings (SSSR count). The topological polar surface area (TPSA) is 29.9 Å². The van der Waals surface area contributed by atoms with Gasteiger partial charge in [-0.2, -0.15) is 0 Å². The van der Waals surface area contributed by atoms with Crippen LogP contribution in [0.15, 0.2) is 12.4 Å². The second kappa shape index (κ2) is 4.58. The molecule has 3 heteroatoms. The molecule has 0 amide bonds. The van der Waals surface area contributed by atoms with Gasteiger partial charge in [-0.25, -0.2) is 4.98 Å². The molecule has 0 aromatic carbocycles. The van der Waals surface area contributed by atoms with Crippen LogP contribution in [0, 0.1) is 12.3 Å². The van der Waals surface area contributed by atoms with Gasteiger partial charge < -0.3 is 9.88 Å². The number of rotatable bonds is 4. The van der Waals surface area contributed by atoms with Crippen LogP contribution >= 0.6 is 0 Å². The molecule has 1 heterocycles. The van der Waals surface area contributed by atoms with Gasteiger partial charge in [0.05, 0.1) is 0 Å². The van der Waals surface area contributed by atoms with E-state index >= 15 is 0 Å². The summed E-state index contributed by atoms with van der Waals surface area (Å²) >= 11 is 0. The first-order valence-corrected chi connectivity index (χ1v) is 5.92. The molecule has 0 fully saturated rings. The monoisotopic (exact) mass is 223 g/mol. The van der Waals surface area contributed by atoms with Gasteiger partial charge in [0.1, 0.15) is 5.82 Å². The number of hydrogen-bond donors (Lipinski definition) is 1. The van der Waals surface area contributed by atoms with Crippen LogP contribution in [0.3, 0.4) is 0 Å². The van der Waals surface area contributed by atoms with Crippen molar-refractivity contribution in [3.05, 3.63) is 18.2 Å². The Morgan fingerprint density at radius 3 is 2.31 bits per heavy atom. The third-order valence-electron chi connectivity index (χ3n) is 2.62. The predicted molar refractivity (Wildman–Crippen MR) is 68.5 cm³/mol. The van der Waals surface area contributed by atoms with Gasteiger partial charge in [0.2, 0.25) is 0 Å². The van der Waals surface area contributed by atoms with Gasteiger partial charge in [-0.1, -0.05) is 13.8 Å². The van der Waals surface area contributed by atoms with Crippen molar-refractivity contribution in [1.29, 1.82) is 0 Å². The maximum atomic E-state index is 4.25. The molecular weight excluding hydrogens is 198 g/mol. The van der Waals surface area contributed by atoms with Crippen LogP contribution in [0.2, 0.25) is 0 Å². The number of imidazole rings is 1. The van der Waals surface area contributed by atoms with Crippen LogP contribution in [-0.4, -0.2) is 21.6 Å². The van der Waals surface area contributed by atoms with Crippen molar-refractivity contribution in [2.24, 2.45) is 5.41 Å². The Hall–Kier alpha value is -0.830. The fourth-order valence-corrected chi connectivity index (χ4v) is 1.59. The maximum absolute atomic E-state index is 4.25. The summed E-state index contributed by atoms with van der Waals surface area (Å²) in [6.45, 7) is 15.2. The van der Waals surface area contributed by atoms with Crippen LogP contribution in [0.1, 0.15) is 40.4 Å². The second-order valence-corrected chi connectivity index (χ2v) is 6.37. The number of hydrogen-bond acceptors (Lipinski definition) is 2. The molecule has 16 heavy (non-hydrogen) atoms. The Balaban J connectivity index is 2.55. The zero-order valence-corrected chi connectivity index (χ0v) is 11.5. The van der Waals surface area contributed by atoms with Crippen molar-refractivity contribution in [2.45, 2.75) is 53.6 Å². The first-order valence-electron chi connectivity index (χ1n) is 5.92. The van der Waals surface area contributed by atoms with Gasteiger partial charge in [-0.05, 0) is 33.1 Å². The smallest absolute Gasteiger partial charge is 0.105 e. The lowest BCUT2D eigenvalue weighted by atomic mass is 9.92. The first-order chi connectivity index (χ1) is 7.20. The van der Waals surface area contributed by atoms with Crippen LogP contribution in [0.4, 0.5) is 0 Å². The standard InChI is InChI=1S/C13H25N3/c1-11-14-7-8-16(11)10-13(5,6)9-15-12(2,3)4/h7-8,15H,9-10H2,1-6H3. The molecule has 0 aliphatic rings. The van der Waals surface area contributed by atoms with Crippen LogP contribution in [0.25, 0.3) is 0 Å². The zero-order valence-electron chi connectivity index (χ0n) is 11.5. The maximum Gasteiger partial charge on any atom is 0.105 e. The summed E-state index contributed by atoms with van der Waals surface area (Å²) in [5.41, 5.74) is 0.417. The molecule has 0 unspecified atom stereocenters. The number of aryl methyl sites for hydroxylation is 1. The van der Waals surface area contributed by atoms with Crippen LogP contribution < -0.4 is 5.32 Å². The second-order valence-electron chi connectivity index (χ2n) is 6.37. The third-order valence-corrected chi connectivity index (χ3v) is 2.62. The van der Waals surface area contributed by atoms with E-state index in [9.17, 15) is 0 Å². The highest BCUT2D eigenvalue weighted by Gasteiger charge is 2.21. The average molecular weight is 223 g/mol. The fraction of sp³-hybridized carbons (Fsp3) is 0.769. The molecular formula is C13H25N3. The molecule has 0 bridgehead atoms. The lowest BCUT2D eigenvalue weighted by Gasteiger charge is -2.31. The highest BCUT2D eigenvalue weighted by molar-refractivity contribution is 4.91. The molecule has 0 spiro atoms. The van der Waals surface area contributed by atoms with Crippen LogP contribution in [-0.2, 0) is 6.54 Å². The van der Waals surface area contributed by atoms with Crippen LogP contribution in [0.5, 0.6) is 0 Å². The summed E-state index contributed by atoms with van der Waals surface area (Å²) in [4.78, 5) is 4.25. The summed E-state index contributed by atoms with van der Waals surface area (Å²) in [5, 5.41) is 3.56. The molecule has 0 aliphatic carbocycles. The molecule has 1 aromatic rings. The number of nitrogens with zero attached hydrogens (tertiary/aromatic N) is 2. The molecule has 0 radical (unpaired) electrons. The summed E-state index contributed by atoms with van der Waals surface area (Å²) < 4.78 is 2.21. The predicted octanol–water partition coefficient (Wildman–Crippen LogP) is 2.61. The summed E-state index contributed by atoms with van der Waals surface area (Å²) in [7, 11) is 0. The van der Waals surface area contributed by atoms with E-state index < -0.39 is 0 Å². The SMILES string of the molecule is Cc1nccn1CC(C)(C)CNC(C)(C)C. The van der Waals surface area contributed by atoms with E-state index in [-0.39, 0.29) is 11.0 Å². The Labute approximate surface area is 99.3 Å². The van der Waals surface area contributed by atoms with E-state index in [2.05, 4.69) is 49.5 Å². The highest BCUT2D eigenvalue weighted by atomic mass is 15.1. The molecule has 1 aromatic heterocycles. The van der Waals surface area contributed by atoms with Gasteiger partial charge in [-0.15, -0.1) is 0 Å². The Morgan fingerprint density at radius 1 is 1.25 bits per heavy atom. The van der Waals surface area contributed by atoms with E-state index in [1.165, 1.54) is 0 Å². The third kappa shape index (κ3) is 4.35. The molecule has 3 nitrogen and oxygen atoms in total. The molecule has 92 valence electrons. The minimum atomic E-state index is 0.182. The minimum Gasteiger partial charge on any atom is -0.335 e. The first kappa shape index (κ1) is 13.2. The van der Waals surface area contributed by atoms with Crippen molar-refractivity contribution in [3.8, 4) is 0 Å². The van der Waals surface area contributed by atoms with Gasteiger partial charge in [0.15, 0.2) is 0 Å². The Morgan fingerprint density at radius 2 is 1.88 bits per heavy atom. The molecule has 0 saturated carbocycles. The van der Waals surface area contributed by atoms with Crippen molar-refractivity contribution >= 4 is 0 Å². The fourth-order valence-electron chi connectivity index (χ4n) is 1.59. The normalized spacial score (nSPS) is 13.1. The summed E-state index contributed by atoms with van der Waals surface area (Å²) in [5.74, 6) is 1.09. The van der Waals surface area contributed by atoms with E-state index in [4.69, 9.17) is 0 Å². The molecule has 1 N–H and O–H groups in total. The highest BCUT2D eigenvalue weighted by Crippen LogP contribution is 2.19.